The van der Waals surface area contributed by atoms with Crippen LogP contribution in [0, 0.1) is 5.82 Å². The highest BCUT2D eigenvalue weighted by molar-refractivity contribution is 5.91. The van der Waals surface area contributed by atoms with Crippen molar-refractivity contribution in [3.05, 3.63) is 90.4 Å². The van der Waals surface area contributed by atoms with Crippen molar-refractivity contribution in [3.8, 4) is 11.1 Å². The molecule has 0 aliphatic rings. The van der Waals surface area contributed by atoms with Gasteiger partial charge in [0.2, 0.25) is 5.91 Å². The summed E-state index contributed by atoms with van der Waals surface area (Å²) < 4.78 is 21.6. The summed E-state index contributed by atoms with van der Waals surface area (Å²) >= 11 is 0. The minimum absolute atomic E-state index is 0.165. The molecular weight excluding hydrogens is 419 g/mol. The summed E-state index contributed by atoms with van der Waals surface area (Å²) in [4.78, 5) is 12.1. The van der Waals surface area contributed by atoms with Crippen LogP contribution in [0.5, 0.6) is 0 Å². The number of benzene rings is 2. The van der Waals surface area contributed by atoms with E-state index >= 15 is 0 Å². The second kappa shape index (κ2) is 10.6. The Hall–Kier alpha value is -3.87. The van der Waals surface area contributed by atoms with E-state index in [1.807, 2.05) is 29.1 Å². The molecule has 2 N–H and O–H groups in total. The molecule has 0 fully saturated rings. The first-order valence-electron chi connectivity index (χ1n) is 11.1. The van der Waals surface area contributed by atoms with Crippen LogP contribution in [0.3, 0.4) is 0 Å². The molecule has 170 valence electrons. The topological polar surface area (TPSA) is 72.1 Å². The van der Waals surface area contributed by atoms with Gasteiger partial charge in [0, 0.05) is 43.4 Å². The molecular formula is C26H27FN4O2. The molecule has 2 aromatic heterocycles. The molecule has 0 spiro atoms. The molecule has 0 saturated carbocycles. The highest BCUT2D eigenvalue weighted by Gasteiger charge is 2.09. The largest absolute Gasteiger partial charge is 0.469 e. The third-order valence-corrected chi connectivity index (χ3v) is 5.29. The maximum Gasteiger partial charge on any atom is 0.224 e. The van der Waals surface area contributed by atoms with Crippen molar-refractivity contribution in [3.63, 3.8) is 0 Å². The summed E-state index contributed by atoms with van der Waals surface area (Å²) in [5.74, 6) is -0.0121. The number of aromatic nitrogens is 2. The number of amides is 1. The van der Waals surface area contributed by atoms with Crippen molar-refractivity contribution in [2.24, 2.45) is 0 Å². The van der Waals surface area contributed by atoms with E-state index in [1.165, 1.54) is 6.07 Å². The Kier molecular flexibility index (Phi) is 7.19. The second-order valence-electron chi connectivity index (χ2n) is 7.86. The number of anilines is 2. The fraction of sp³-hybridized carbons (Fsp3) is 0.231. The molecule has 0 bridgehead atoms. The van der Waals surface area contributed by atoms with Crippen LogP contribution in [0.15, 0.2) is 77.7 Å². The van der Waals surface area contributed by atoms with E-state index in [0.29, 0.717) is 18.7 Å². The Morgan fingerprint density at radius 2 is 1.97 bits per heavy atom. The van der Waals surface area contributed by atoms with E-state index in [4.69, 9.17) is 4.42 Å². The first-order chi connectivity index (χ1) is 16.1. The summed E-state index contributed by atoms with van der Waals surface area (Å²) in [6.45, 7) is 3.60. The Morgan fingerprint density at radius 3 is 2.70 bits per heavy atom. The van der Waals surface area contributed by atoms with Crippen LogP contribution in [-0.4, -0.2) is 15.7 Å². The number of halogens is 1. The fourth-order valence-corrected chi connectivity index (χ4v) is 3.51. The number of hydrogen-bond donors (Lipinski definition) is 2. The smallest absolute Gasteiger partial charge is 0.224 e. The number of carbonyl (C=O) groups is 1. The van der Waals surface area contributed by atoms with Crippen LogP contribution in [0.1, 0.15) is 31.1 Å². The summed E-state index contributed by atoms with van der Waals surface area (Å²) in [5, 5.41) is 10.2. The van der Waals surface area contributed by atoms with Crippen molar-refractivity contribution >= 4 is 17.3 Å². The van der Waals surface area contributed by atoms with Gasteiger partial charge in [-0.25, -0.2) is 4.39 Å². The Bertz CT molecular complexity index is 1180. The van der Waals surface area contributed by atoms with Crippen LogP contribution < -0.4 is 10.6 Å². The van der Waals surface area contributed by atoms with Crippen molar-refractivity contribution in [2.45, 2.75) is 39.3 Å². The zero-order chi connectivity index (χ0) is 23.0. The molecule has 6 nitrogen and oxygen atoms in total. The minimum atomic E-state index is -0.481. The van der Waals surface area contributed by atoms with Gasteiger partial charge in [0.1, 0.15) is 11.6 Å². The van der Waals surface area contributed by atoms with Gasteiger partial charge in [0.15, 0.2) is 0 Å². The Morgan fingerprint density at radius 1 is 1.12 bits per heavy atom. The molecule has 0 aliphatic carbocycles. The molecule has 1 amide bonds. The third-order valence-electron chi connectivity index (χ3n) is 5.29. The molecule has 4 aromatic rings. The fourth-order valence-electron chi connectivity index (χ4n) is 3.51. The lowest BCUT2D eigenvalue weighted by molar-refractivity contribution is -0.116. The van der Waals surface area contributed by atoms with Crippen molar-refractivity contribution in [2.75, 3.05) is 10.6 Å². The average molecular weight is 447 g/mol. The van der Waals surface area contributed by atoms with Crippen LogP contribution in [0.25, 0.3) is 11.1 Å². The lowest BCUT2D eigenvalue weighted by Gasteiger charge is -2.10. The summed E-state index contributed by atoms with van der Waals surface area (Å²) in [6, 6.07) is 16.5. The van der Waals surface area contributed by atoms with Gasteiger partial charge in [-0.1, -0.05) is 31.2 Å². The summed E-state index contributed by atoms with van der Waals surface area (Å²) in [6.07, 6.45) is 7.24. The summed E-state index contributed by atoms with van der Waals surface area (Å²) in [5.41, 5.74) is 4.09. The van der Waals surface area contributed by atoms with E-state index in [9.17, 15) is 9.18 Å². The van der Waals surface area contributed by atoms with E-state index in [2.05, 4.69) is 41.0 Å². The highest BCUT2D eigenvalue weighted by atomic mass is 19.1. The lowest BCUT2D eigenvalue weighted by atomic mass is 10.1. The van der Waals surface area contributed by atoms with Gasteiger partial charge in [0.25, 0.3) is 0 Å². The number of carbonyl (C=O) groups excluding carboxylic acids is 1. The molecule has 2 heterocycles. The van der Waals surface area contributed by atoms with Gasteiger partial charge in [0.05, 0.1) is 18.1 Å². The van der Waals surface area contributed by atoms with E-state index in [1.54, 1.807) is 24.5 Å². The van der Waals surface area contributed by atoms with Crippen molar-refractivity contribution in [1.29, 1.82) is 0 Å². The molecule has 33 heavy (non-hydrogen) atoms. The number of furan rings is 1. The third kappa shape index (κ3) is 6.10. The van der Waals surface area contributed by atoms with Crippen molar-refractivity contribution < 1.29 is 13.6 Å². The number of nitrogens with zero attached hydrogens (tertiary/aromatic N) is 2. The monoisotopic (exact) mass is 446 g/mol. The van der Waals surface area contributed by atoms with Gasteiger partial charge in [-0.3, -0.25) is 9.48 Å². The van der Waals surface area contributed by atoms with Gasteiger partial charge in [-0.05, 0) is 47.9 Å². The molecule has 0 aliphatic heterocycles. The van der Waals surface area contributed by atoms with Crippen LogP contribution in [0.4, 0.5) is 15.8 Å². The molecule has 7 heteroatoms. The maximum atomic E-state index is 14.5. The predicted octanol–water partition coefficient (Wildman–Crippen LogP) is 5.88. The molecule has 4 rings (SSSR count). The average Bonchev–Trinajstić information content (AvgIpc) is 3.51. The minimum Gasteiger partial charge on any atom is -0.469 e. The van der Waals surface area contributed by atoms with Gasteiger partial charge >= 0.3 is 0 Å². The van der Waals surface area contributed by atoms with Crippen LogP contribution >= 0.6 is 0 Å². The zero-order valence-electron chi connectivity index (χ0n) is 18.6. The van der Waals surface area contributed by atoms with Gasteiger partial charge < -0.3 is 15.1 Å². The number of hydrogen-bond acceptors (Lipinski definition) is 4. The quantitative estimate of drug-likeness (QED) is 0.319. The number of nitrogens with one attached hydrogen (secondary N) is 2. The predicted molar refractivity (Wildman–Crippen MR) is 127 cm³/mol. The Balaban J connectivity index is 1.29. The Labute approximate surface area is 192 Å². The van der Waals surface area contributed by atoms with Crippen LogP contribution in [-0.2, 0) is 24.3 Å². The van der Waals surface area contributed by atoms with E-state index in [-0.39, 0.29) is 18.0 Å². The number of aryl methyl sites for hydroxylation is 2. The zero-order valence-corrected chi connectivity index (χ0v) is 18.6. The number of rotatable bonds is 10. The highest BCUT2D eigenvalue weighted by Crippen LogP contribution is 2.22. The molecule has 0 atom stereocenters. The lowest BCUT2D eigenvalue weighted by Crippen LogP contribution is -2.13. The standard InChI is InChI=1S/C26H27FN4O2/c1-2-13-31-18-21(17-29-31)20-7-5-19(6-8-20)16-28-22-9-11-25(24(27)15-22)30-26(32)12-10-23-4-3-14-33-23/h3-9,11,14-15,17-18,28H,2,10,12-13,16H2,1H3,(H,30,32). The normalized spacial score (nSPS) is 10.8. The first kappa shape index (κ1) is 22.3. The molecule has 0 radical (unpaired) electrons. The molecule has 2 aromatic carbocycles. The molecule has 0 saturated heterocycles. The summed E-state index contributed by atoms with van der Waals surface area (Å²) in [7, 11) is 0. The van der Waals surface area contributed by atoms with Crippen molar-refractivity contribution in [1.82, 2.24) is 9.78 Å². The van der Waals surface area contributed by atoms with E-state index < -0.39 is 5.82 Å². The SMILES string of the molecule is CCCn1cc(-c2ccc(CNc3ccc(NC(=O)CCc4ccco4)c(F)c3)cc2)cn1. The maximum absolute atomic E-state index is 14.5. The van der Waals surface area contributed by atoms with Crippen LogP contribution in [0.2, 0.25) is 0 Å². The van der Waals surface area contributed by atoms with Gasteiger partial charge in [-0.2, -0.15) is 5.10 Å². The van der Waals surface area contributed by atoms with Gasteiger partial charge in [-0.15, -0.1) is 0 Å². The first-order valence-corrected chi connectivity index (χ1v) is 11.1. The molecule has 0 unspecified atom stereocenters. The second-order valence-corrected chi connectivity index (χ2v) is 7.86. The van der Waals surface area contributed by atoms with E-state index in [0.717, 1.165) is 35.4 Å².